The average Bonchev–Trinajstić information content (AvgIpc) is 2.33. The quantitative estimate of drug-likeness (QED) is 0.349. The summed E-state index contributed by atoms with van der Waals surface area (Å²) in [4.78, 5) is -2.66. The van der Waals surface area contributed by atoms with Crippen molar-refractivity contribution in [1.82, 2.24) is 0 Å². The molecule has 0 spiro atoms. The van der Waals surface area contributed by atoms with Crippen LogP contribution in [0.2, 0.25) is 0 Å². The van der Waals surface area contributed by atoms with Gasteiger partial charge in [0.1, 0.15) is 9.79 Å². The van der Waals surface area contributed by atoms with E-state index in [4.69, 9.17) is 13.7 Å². The molecule has 9 nitrogen and oxygen atoms in total. The van der Waals surface area contributed by atoms with Gasteiger partial charge < -0.3 is 0 Å². The van der Waals surface area contributed by atoms with Crippen molar-refractivity contribution in [3.8, 4) is 0 Å². The zero-order valence-corrected chi connectivity index (χ0v) is 12.9. The van der Waals surface area contributed by atoms with Gasteiger partial charge in [-0.25, -0.2) is 0 Å². The molecular formula is C10H11K3O9S3. The van der Waals surface area contributed by atoms with Gasteiger partial charge in [0.2, 0.25) is 0 Å². The Hall–Kier alpha value is 3.34. The maximum absolute atomic E-state index is 11.4. The summed E-state index contributed by atoms with van der Waals surface area (Å²) in [5, 5.41) is -0.835. The third-order valence-corrected chi connectivity index (χ3v) is 5.38. The Morgan fingerprint density at radius 3 is 1.48 bits per heavy atom. The molecule has 15 heteroatoms. The van der Waals surface area contributed by atoms with Crippen LogP contribution in [0.3, 0.4) is 0 Å². The van der Waals surface area contributed by atoms with Crippen molar-refractivity contribution in [1.29, 1.82) is 0 Å². The summed E-state index contributed by atoms with van der Waals surface area (Å²) < 4.78 is 95.0. The van der Waals surface area contributed by atoms with Gasteiger partial charge in [0.05, 0.1) is 4.90 Å². The average molecular weight is 489 g/mol. The van der Waals surface area contributed by atoms with E-state index in [2.05, 4.69) is 0 Å². The van der Waals surface area contributed by atoms with Gasteiger partial charge in [-0.05, 0) is 18.2 Å². The Morgan fingerprint density at radius 1 is 0.600 bits per heavy atom. The number of hydrogen-bond donors (Lipinski definition) is 3. The van der Waals surface area contributed by atoms with Crippen molar-refractivity contribution in [2.45, 2.75) is 14.7 Å². The van der Waals surface area contributed by atoms with E-state index in [9.17, 15) is 25.3 Å². The number of fused-ring (bicyclic) bond motifs is 1. The summed E-state index contributed by atoms with van der Waals surface area (Å²) in [5.74, 6) is 0. The first-order chi connectivity index (χ1) is 9.82. The predicted molar refractivity (Wildman–Crippen MR) is 94.8 cm³/mol. The molecule has 0 aliphatic rings. The molecule has 0 heterocycles. The van der Waals surface area contributed by atoms with Crippen LogP contribution in [-0.4, -0.2) is 193 Å². The second-order valence-electron chi connectivity index (χ2n) is 4.20. The summed E-state index contributed by atoms with van der Waals surface area (Å²) >= 11 is 0. The van der Waals surface area contributed by atoms with Crippen molar-refractivity contribution in [3.05, 3.63) is 30.3 Å². The SMILES string of the molecule is O=S(=O)(O)c1cc(S(=O)(=O)O)c2cccc(S(=O)(=O)O)c2c1.[KH].[KH].[KH]. The van der Waals surface area contributed by atoms with E-state index in [-0.39, 0.29) is 160 Å². The molecule has 0 saturated heterocycles. The van der Waals surface area contributed by atoms with E-state index < -0.39 is 50.4 Å². The Labute approximate surface area is 272 Å². The van der Waals surface area contributed by atoms with Crippen LogP contribution in [0.5, 0.6) is 0 Å². The minimum atomic E-state index is -4.93. The van der Waals surface area contributed by atoms with E-state index in [1.165, 1.54) is 0 Å². The van der Waals surface area contributed by atoms with Gasteiger partial charge in [0, 0.05) is 10.8 Å². The normalized spacial score (nSPS) is 11.8. The summed E-state index contributed by atoms with van der Waals surface area (Å²) in [7, 11) is -14.6. The maximum atomic E-state index is 11.4. The molecule has 0 bridgehead atoms. The van der Waals surface area contributed by atoms with Crippen LogP contribution in [0.25, 0.3) is 10.8 Å². The molecule has 3 N–H and O–H groups in total. The predicted octanol–water partition coefficient (Wildman–Crippen LogP) is -1.37. The number of benzene rings is 2. The van der Waals surface area contributed by atoms with Crippen LogP contribution in [0.1, 0.15) is 0 Å². The Kier molecular flexibility index (Phi) is 13.6. The molecule has 0 saturated carbocycles. The van der Waals surface area contributed by atoms with E-state index in [1.807, 2.05) is 0 Å². The standard InChI is InChI=1S/C10H8O9S3.3K.3H/c11-20(12,13)6-4-8-7(10(5-6)22(17,18)19)2-1-3-9(8)21(14,15)16;;;;;;/h1-5H,(H,11,12,13)(H,14,15,16)(H,17,18,19);;;;;;. The number of rotatable bonds is 3. The van der Waals surface area contributed by atoms with Gasteiger partial charge in [-0.15, -0.1) is 0 Å². The molecule has 126 valence electrons. The summed E-state index contributed by atoms with van der Waals surface area (Å²) in [6.07, 6.45) is 0. The van der Waals surface area contributed by atoms with Crippen LogP contribution in [0, 0.1) is 0 Å². The molecule has 0 unspecified atom stereocenters. The first kappa shape index (κ1) is 30.5. The van der Waals surface area contributed by atoms with Crippen LogP contribution in [-0.2, 0) is 30.4 Å². The van der Waals surface area contributed by atoms with Gasteiger partial charge in [-0.1, -0.05) is 12.1 Å². The Bertz CT molecular complexity index is 1090. The molecule has 0 aliphatic carbocycles. The fourth-order valence-corrected chi connectivity index (χ4v) is 3.92. The third-order valence-electron chi connectivity index (χ3n) is 2.75. The van der Waals surface area contributed by atoms with Gasteiger partial charge in [-0.2, -0.15) is 25.3 Å². The summed E-state index contributed by atoms with van der Waals surface area (Å²) in [5.41, 5.74) is 0. The first-order valence-corrected chi connectivity index (χ1v) is 9.63. The second kappa shape index (κ2) is 11.1. The molecule has 0 atom stereocenters. The Balaban J connectivity index is 0. The van der Waals surface area contributed by atoms with Crippen molar-refractivity contribution in [2.24, 2.45) is 0 Å². The molecule has 2 rings (SSSR count). The first-order valence-electron chi connectivity index (χ1n) is 5.31. The molecule has 0 radical (unpaired) electrons. The molecule has 0 aliphatic heterocycles. The summed E-state index contributed by atoms with van der Waals surface area (Å²) in [6, 6.07) is 4.23. The fraction of sp³-hybridized carbons (Fsp3) is 0. The second-order valence-corrected chi connectivity index (χ2v) is 8.40. The molecule has 0 amide bonds. The Morgan fingerprint density at radius 2 is 1.08 bits per heavy atom. The van der Waals surface area contributed by atoms with Crippen LogP contribution in [0.15, 0.2) is 45.0 Å². The monoisotopic (exact) mass is 488 g/mol. The van der Waals surface area contributed by atoms with E-state index in [0.717, 1.165) is 18.2 Å². The van der Waals surface area contributed by atoms with Crippen LogP contribution < -0.4 is 0 Å². The van der Waals surface area contributed by atoms with Crippen LogP contribution in [0.4, 0.5) is 0 Å². The zero-order chi connectivity index (χ0) is 16.9. The number of hydrogen-bond acceptors (Lipinski definition) is 6. The minimum absolute atomic E-state index is 0. The van der Waals surface area contributed by atoms with E-state index in [0.29, 0.717) is 12.1 Å². The van der Waals surface area contributed by atoms with E-state index >= 15 is 0 Å². The molecule has 2 aromatic rings. The topological polar surface area (TPSA) is 163 Å². The third kappa shape index (κ3) is 7.83. The van der Waals surface area contributed by atoms with Gasteiger partial charge in [0.15, 0.2) is 0 Å². The van der Waals surface area contributed by atoms with Crippen molar-refractivity contribution in [2.75, 3.05) is 0 Å². The van der Waals surface area contributed by atoms with Crippen molar-refractivity contribution in [3.63, 3.8) is 0 Å². The molecule has 0 aromatic heterocycles. The van der Waals surface area contributed by atoms with Crippen LogP contribution >= 0.6 is 0 Å². The van der Waals surface area contributed by atoms with Crippen molar-refractivity contribution < 1.29 is 38.9 Å². The fourth-order valence-electron chi connectivity index (χ4n) is 1.89. The molecule has 2 aromatic carbocycles. The zero-order valence-electron chi connectivity index (χ0n) is 10.4. The summed E-state index contributed by atoms with van der Waals surface area (Å²) in [6.45, 7) is 0. The molecule has 25 heavy (non-hydrogen) atoms. The van der Waals surface area contributed by atoms with Gasteiger partial charge in [0.25, 0.3) is 30.4 Å². The van der Waals surface area contributed by atoms with Gasteiger partial charge in [-0.3, -0.25) is 13.7 Å². The van der Waals surface area contributed by atoms with Crippen molar-refractivity contribution >= 4 is 195 Å². The molecular weight excluding hydrogens is 478 g/mol. The van der Waals surface area contributed by atoms with E-state index in [1.54, 1.807) is 0 Å². The van der Waals surface area contributed by atoms with Gasteiger partial charge >= 0.3 is 154 Å². The molecule has 0 fully saturated rings.